The standard InChI is InChI=1S/C16H11BrF3N/c17-14-2-1-3-15-13(14)8-9-21(15)10-11-4-6-12(7-5-11)16(18,19)20/h1-9H,10H2. The van der Waals surface area contributed by atoms with Crippen LogP contribution in [0.3, 0.4) is 0 Å². The molecule has 21 heavy (non-hydrogen) atoms. The van der Waals surface area contributed by atoms with E-state index >= 15 is 0 Å². The van der Waals surface area contributed by atoms with Crippen LogP contribution in [0.15, 0.2) is 59.2 Å². The Morgan fingerprint density at radius 1 is 0.952 bits per heavy atom. The summed E-state index contributed by atoms with van der Waals surface area (Å²) in [5, 5.41) is 1.09. The maximum absolute atomic E-state index is 12.5. The lowest BCUT2D eigenvalue weighted by atomic mass is 10.1. The minimum atomic E-state index is -4.29. The molecule has 1 heterocycles. The van der Waals surface area contributed by atoms with Crippen molar-refractivity contribution < 1.29 is 13.2 Å². The number of rotatable bonds is 2. The first-order valence-corrected chi connectivity index (χ1v) is 7.14. The maximum Gasteiger partial charge on any atom is 0.416 e. The summed E-state index contributed by atoms with van der Waals surface area (Å²) < 4.78 is 40.6. The summed E-state index contributed by atoms with van der Waals surface area (Å²) in [6.45, 7) is 0.540. The van der Waals surface area contributed by atoms with Gasteiger partial charge in [0.25, 0.3) is 0 Å². The second-order valence-corrected chi connectivity index (χ2v) is 5.67. The second-order valence-electron chi connectivity index (χ2n) is 4.81. The van der Waals surface area contributed by atoms with Gasteiger partial charge in [0, 0.05) is 28.1 Å². The monoisotopic (exact) mass is 353 g/mol. The molecule has 108 valence electrons. The van der Waals surface area contributed by atoms with Gasteiger partial charge in [-0.15, -0.1) is 0 Å². The van der Waals surface area contributed by atoms with Gasteiger partial charge in [-0.25, -0.2) is 0 Å². The van der Waals surface area contributed by atoms with Crippen molar-refractivity contribution in [3.8, 4) is 0 Å². The van der Waals surface area contributed by atoms with Crippen LogP contribution < -0.4 is 0 Å². The van der Waals surface area contributed by atoms with E-state index in [0.717, 1.165) is 33.1 Å². The minimum absolute atomic E-state index is 0.540. The maximum atomic E-state index is 12.5. The van der Waals surface area contributed by atoms with Crippen LogP contribution in [0.5, 0.6) is 0 Å². The Bertz CT molecular complexity index is 772. The molecule has 0 bridgehead atoms. The molecular formula is C16H11BrF3N. The Balaban J connectivity index is 1.90. The molecule has 3 rings (SSSR count). The fourth-order valence-electron chi connectivity index (χ4n) is 2.32. The third kappa shape index (κ3) is 2.83. The van der Waals surface area contributed by atoms with Crippen LogP contribution in [-0.2, 0) is 12.7 Å². The zero-order valence-corrected chi connectivity index (χ0v) is 12.4. The van der Waals surface area contributed by atoms with E-state index in [1.165, 1.54) is 12.1 Å². The van der Waals surface area contributed by atoms with Crippen LogP contribution in [0.4, 0.5) is 13.2 Å². The molecule has 0 unspecified atom stereocenters. The zero-order chi connectivity index (χ0) is 15.0. The first kappa shape index (κ1) is 14.2. The van der Waals surface area contributed by atoms with Crippen molar-refractivity contribution in [1.82, 2.24) is 4.57 Å². The van der Waals surface area contributed by atoms with Gasteiger partial charge < -0.3 is 4.57 Å². The van der Waals surface area contributed by atoms with Crippen molar-refractivity contribution in [2.24, 2.45) is 0 Å². The SMILES string of the molecule is FC(F)(F)c1ccc(Cn2ccc3c(Br)cccc32)cc1. The first-order chi connectivity index (χ1) is 9.95. The van der Waals surface area contributed by atoms with Crippen molar-refractivity contribution in [3.05, 3.63) is 70.3 Å². The zero-order valence-electron chi connectivity index (χ0n) is 10.9. The van der Waals surface area contributed by atoms with Crippen LogP contribution >= 0.6 is 15.9 Å². The molecule has 0 N–H and O–H groups in total. The third-order valence-corrected chi connectivity index (χ3v) is 4.09. The lowest BCUT2D eigenvalue weighted by Crippen LogP contribution is -2.05. The number of hydrogen-bond acceptors (Lipinski definition) is 0. The highest BCUT2D eigenvalue weighted by Gasteiger charge is 2.29. The Morgan fingerprint density at radius 2 is 1.67 bits per heavy atom. The lowest BCUT2D eigenvalue weighted by Gasteiger charge is -2.09. The Morgan fingerprint density at radius 3 is 2.33 bits per heavy atom. The van der Waals surface area contributed by atoms with Gasteiger partial charge in [0.2, 0.25) is 0 Å². The normalized spacial score (nSPS) is 12.0. The van der Waals surface area contributed by atoms with E-state index in [-0.39, 0.29) is 0 Å². The number of nitrogens with zero attached hydrogens (tertiary/aromatic N) is 1. The summed E-state index contributed by atoms with van der Waals surface area (Å²) in [6.07, 6.45) is -2.35. The molecule has 0 aliphatic rings. The van der Waals surface area contributed by atoms with Gasteiger partial charge in [0.05, 0.1) is 5.56 Å². The van der Waals surface area contributed by atoms with Crippen LogP contribution in [0, 0.1) is 0 Å². The number of benzene rings is 2. The third-order valence-electron chi connectivity index (χ3n) is 3.39. The summed E-state index contributed by atoms with van der Waals surface area (Å²) in [7, 11) is 0. The predicted octanol–water partition coefficient (Wildman–Crippen LogP) is 5.47. The first-order valence-electron chi connectivity index (χ1n) is 6.34. The molecule has 1 nitrogen and oxygen atoms in total. The Kier molecular flexibility index (Phi) is 3.53. The summed E-state index contributed by atoms with van der Waals surface area (Å²) in [4.78, 5) is 0. The smallest absolute Gasteiger partial charge is 0.343 e. The van der Waals surface area contributed by atoms with Crippen molar-refractivity contribution in [2.75, 3.05) is 0 Å². The number of fused-ring (bicyclic) bond motifs is 1. The summed E-state index contributed by atoms with van der Waals surface area (Å²) in [5.74, 6) is 0. The highest BCUT2D eigenvalue weighted by molar-refractivity contribution is 9.10. The van der Waals surface area contributed by atoms with E-state index in [4.69, 9.17) is 0 Å². The molecule has 0 saturated carbocycles. The molecule has 0 saturated heterocycles. The number of hydrogen-bond donors (Lipinski definition) is 0. The van der Waals surface area contributed by atoms with E-state index in [0.29, 0.717) is 6.54 Å². The minimum Gasteiger partial charge on any atom is -0.343 e. The van der Waals surface area contributed by atoms with Crippen LogP contribution in [0.25, 0.3) is 10.9 Å². The summed E-state index contributed by atoms with van der Waals surface area (Å²) in [5.41, 5.74) is 1.26. The molecule has 0 fully saturated rings. The highest BCUT2D eigenvalue weighted by atomic mass is 79.9. The molecule has 3 aromatic rings. The molecular weight excluding hydrogens is 343 g/mol. The number of alkyl halides is 3. The average molecular weight is 354 g/mol. The van der Waals surface area contributed by atoms with Crippen molar-refractivity contribution in [2.45, 2.75) is 12.7 Å². The van der Waals surface area contributed by atoms with Gasteiger partial charge in [-0.1, -0.05) is 34.1 Å². The Labute approximate surface area is 128 Å². The highest BCUT2D eigenvalue weighted by Crippen LogP contribution is 2.29. The van der Waals surface area contributed by atoms with Gasteiger partial charge in [-0.05, 0) is 35.9 Å². The van der Waals surface area contributed by atoms with Crippen molar-refractivity contribution in [3.63, 3.8) is 0 Å². The van der Waals surface area contributed by atoms with Crippen molar-refractivity contribution in [1.29, 1.82) is 0 Å². The van der Waals surface area contributed by atoms with Gasteiger partial charge in [0.1, 0.15) is 0 Å². The largest absolute Gasteiger partial charge is 0.416 e. The molecule has 2 aromatic carbocycles. The molecule has 0 aliphatic carbocycles. The van der Waals surface area contributed by atoms with Crippen LogP contribution in [0.1, 0.15) is 11.1 Å². The van der Waals surface area contributed by atoms with Gasteiger partial charge in [-0.2, -0.15) is 13.2 Å². The predicted molar refractivity (Wildman–Crippen MR) is 80.2 cm³/mol. The van der Waals surface area contributed by atoms with Gasteiger partial charge in [0.15, 0.2) is 0 Å². The fourth-order valence-corrected chi connectivity index (χ4v) is 2.81. The van der Waals surface area contributed by atoms with Crippen LogP contribution in [0.2, 0.25) is 0 Å². The fraction of sp³-hybridized carbons (Fsp3) is 0.125. The van der Waals surface area contributed by atoms with Gasteiger partial charge in [-0.3, -0.25) is 0 Å². The number of aromatic nitrogens is 1. The second kappa shape index (κ2) is 5.22. The van der Waals surface area contributed by atoms with E-state index in [1.54, 1.807) is 0 Å². The topological polar surface area (TPSA) is 4.93 Å². The van der Waals surface area contributed by atoms with E-state index in [2.05, 4.69) is 15.9 Å². The van der Waals surface area contributed by atoms with E-state index in [9.17, 15) is 13.2 Å². The molecule has 5 heteroatoms. The lowest BCUT2D eigenvalue weighted by molar-refractivity contribution is -0.137. The molecule has 0 spiro atoms. The number of halogens is 4. The summed E-state index contributed by atoms with van der Waals surface area (Å²) >= 11 is 3.49. The molecule has 0 amide bonds. The van der Waals surface area contributed by atoms with E-state index < -0.39 is 11.7 Å². The Hall–Kier alpha value is -1.75. The van der Waals surface area contributed by atoms with Crippen LogP contribution in [-0.4, -0.2) is 4.57 Å². The molecule has 0 atom stereocenters. The average Bonchev–Trinajstić information content (AvgIpc) is 2.83. The molecule has 1 aromatic heterocycles. The van der Waals surface area contributed by atoms with E-state index in [1.807, 2.05) is 35.0 Å². The molecule has 0 aliphatic heterocycles. The quantitative estimate of drug-likeness (QED) is 0.575. The molecule has 0 radical (unpaired) electrons. The van der Waals surface area contributed by atoms with Gasteiger partial charge >= 0.3 is 6.18 Å². The van der Waals surface area contributed by atoms with Crippen molar-refractivity contribution >= 4 is 26.8 Å². The summed E-state index contributed by atoms with van der Waals surface area (Å²) in [6, 6.07) is 13.2.